The zero-order valence-corrected chi connectivity index (χ0v) is 12.3. The van der Waals surface area contributed by atoms with E-state index in [1.165, 1.54) is 32.1 Å². The molecular formula is C14H24N2OS. The molecule has 3 rings (SSSR count). The van der Waals surface area contributed by atoms with Crippen molar-refractivity contribution in [1.82, 2.24) is 10.2 Å². The first kappa shape index (κ1) is 12.8. The highest BCUT2D eigenvalue weighted by molar-refractivity contribution is 8.00. The second kappa shape index (κ2) is 4.41. The third kappa shape index (κ3) is 1.80. The van der Waals surface area contributed by atoms with Crippen LogP contribution in [0.1, 0.15) is 51.9 Å². The van der Waals surface area contributed by atoms with Gasteiger partial charge in [0.25, 0.3) is 0 Å². The third-order valence-corrected chi connectivity index (χ3v) is 6.64. The van der Waals surface area contributed by atoms with Crippen LogP contribution in [0.4, 0.5) is 0 Å². The number of carbonyl (C=O) groups is 1. The first-order valence-corrected chi connectivity index (χ1v) is 8.47. The van der Waals surface area contributed by atoms with E-state index in [1.807, 2.05) is 11.8 Å². The Hall–Kier alpha value is -0.220. The quantitative estimate of drug-likeness (QED) is 0.853. The van der Waals surface area contributed by atoms with Crippen LogP contribution in [0, 0.1) is 0 Å². The van der Waals surface area contributed by atoms with Crippen molar-refractivity contribution in [2.75, 3.05) is 12.8 Å². The molecule has 1 heterocycles. The highest BCUT2D eigenvalue weighted by Gasteiger charge is 2.53. The predicted octanol–water partition coefficient (Wildman–Crippen LogP) is 2.36. The van der Waals surface area contributed by atoms with E-state index in [0.29, 0.717) is 10.7 Å². The van der Waals surface area contributed by atoms with Crippen LogP contribution in [0.5, 0.6) is 0 Å². The standard InChI is InChI=1S/C14H24N2OS/c1-11-15-14(8-3-4-9-14)12(17)16(11)10-13(18-2)6-5-7-13/h11,15H,3-10H2,1-2H3. The van der Waals surface area contributed by atoms with E-state index in [4.69, 9.17) is 0 Å². The molecular weight excluding hydrogens is 244 g/mol. The second-order valence-electron chi connectivity index (χ2n) is 6.28. The Bertz CT molecular complexity index is 342. The maximum Gasteiger partial charge on any atom is 0.244 e. The fourth-order valence-corrected chi connectivity index (χ4v) is 4.81. The molecule has 0 bridgehead atoms. The molecule has 102 valence electrons. The average molecular weight is 268 g/mol. The molecule has 3 aliphatic rings. The first-order valence-electron chi connectivity index (χ1n) is 7.25. The smallest absolute Gasteiger partial charge is 0.244 e. The Labute approximate surface area is 114 Å². The SMILES string of the molecule is CSC1(CN2C(=O)C3(CCCC3)NC2C)CCC1. The van der Waals surface area contributed by atoms with Gasteiger partial charge in [0.15, 0.2) is 0 Å². The summed E-state index contributed by atoms with van der Waals surface area (Å²) in [7, 11) is 0. The third-order valence-electron chi connectivity index (χ3n) is 5.24. The highest BCUT2D eigenvalue weighted by atomic mass is 32.2. The minimum absolute atomic E-state index is 0.192. The van der Waals surface area contributed by atoms with Crippen molar-refractivity contribution in [3.63, 3.8) is 0 Å². The van der Waals surface area contributed by atoms with E-state index >= 15 is 0 Å². The van der Waals surface area contributed by atoms with Crippen molar-refractivity contribution in [2.24, 2.45) is 0 Å². The summed E-state index contributed by atoms with van der Waals surface area (Å²) in [5.74, 6) is 0.382. The van der Waals surface area contributed by atoms with Gasteiger partial charge < -0.3 is 4.90 Å². The summed E-state index contributed by atoms with van der Waals surface area (Å²) in [5, 5.41) is 3.59. The molecule has 0 aromatic carbocycles. The zero-order chi connectivity index (χ0) is 12.8. The Kier molecular flexibility index (Phi) is 3.14. The Balaban J connectivity index is 1.74. The summed E-state index contributed by atoms with van der Waals surface area (Å²) >= 11 is 1.96. The van der Waals surface area contributed by atoms with Crippen LogP contribution in [-0.2, 0) is 4.79 Å². The number of nitrogens with one attached hydrogen (secondary N) is 1. The topological polar surface area (TPSA) is 32.3 Å². The van der Waals surface area contributed by atoms with Gasteiger partial charge in [-0.25, -0.2) is 0 Å². The fourth-order valence-electron chi connectivity index (χ4n) is 3.84. The molecule has 1 aliphatic heterocycles. The van der Waals surface area contributed by atoms with Gasteiger partial charge in [-0.1, -0.05) is 19.3 Å². The minimum atomic E-state index is -0.192. The van der Waals surface area contributed by atoms with Crippen LogP contribution in [0.15, 0.2) is 0 Å². The second-order valence-corrected chi connectivity index (χ2v) is 7.56. The number of hydrogen-bond donors (Lipinski definition) is 1. The molecule has 1 saturated heterocycles. The fraction of sp³-hybridized carbons (Fsp3) is 0.929. The van der Waals surface area contributed by atoms with E-state index < -0.39 is 0 Å². The van der Waals surface area contributed by atoms with Crippen LogP contribution in [0.25, 0.3) is 0 Å². The van der Waals surface area contributed by atoms with Crippen molar-refractivity contribution < 1.29 is 4.79 Å². The number of amides is 1. The molecule has 0 radical (unpaired) electrons. The van der Waals surface area contributed by atoms with Gasteiger partial charge in [-0.2, -0.15) is 11.8 Å². The van der Waals surface area contributed by atoms with E-state index in [2.05, 4.69) is 23.4 Å². The van der Waals surface area contributed by atoms with Gasteiger partial charge in [0.05, 0.1) is 11.7 Å². The number of hydrogen-bond acceptors (Lipinski definition) is 3. The van der Waals surface area contributed by atoms with E-state index in [0.717, 1.165) is 19.4 Å². The summed E-state index contributed by atoms with van der Waals surface area (Å²) in [6.07, 6.45) is 10.8. The molecule has 2 saturated carbocycles. The number of nitrogens with zero attached hydrogens (tertiary/aromatic N) is 1. The van der Waals surface area contributed by atoms with Crippen molar-refractivity contribution in [2.45, 2.75) is 68.3 Å². The molecule has 0 aromatic heterocycles. The number of rotatable bonds is 3. The average Bonchev–Trinajstić information content (AvgIpc) is 2.85. The van der Waals surface area contributed by atoms with Crippen molar-refractivity contribution in [3.8, 4) is 0 Å². The lowest BCUT2D eigenvalue weighted by atomic mass is 9.83. The summed E-state index contributed by atoms with van der Waals surface area (Å²) < 4.78 is 0.357. The molecule has 1 unspecified atom stereocenters. The van der Waals surface area contributed by atoms with Gasteiger partial charge in [0, 0.05) is 11.3 Å². The van der Waals surface area contributed by atoms with Gasteiger partial charge in [0.2, 0.25) is 5.91 Å². The van der Waals surface area contributed by atoms with E-state index in [-0.39, 0.29) is 11.7 Å². The molecule has 1 spiro atoms. The summed E-state index contributed by atoms with van der Waals surface area (Å²) in [6, 6.07) is 0. The monoisotopic (exact) mass is 268 g/mol. The Morgan fingerprint density at radius 1 is 1.28 bits per heavy atom. The van der Waals surface area contributed by atoms with E-state index in [9.17, 15) is 4.79 Å². The van der Waals surface area contributed by atoms with Crippen LogP contribution in [0.2, 0.25) is 0 Å². The molecule has 2 aliphatic carbocycles. The van der Waals surface area contributed by atoms with Gasteiger partial charge in [0.1, 0.15) is 0 Å². The molecule has 3 fully saturated rings. The molecule has 1 N–H and O–H groups in total. The van der Waals surface area contributed by atoms with Crippen LogP contribution >= 0.6 is 11.8 Å². The van der Waals surface area contributed by atoms with Gasteiger partial charge >= 0.3 is 0 Å². The molecule has 1 amide bonds. The lowest BCUT2D eigenvalue weighted by Crippen LogP contribution is -2.49. The van der Waals surface area contributed by atoms with Crippen molar-refractivity contribution in [3.05, 3.63) is 0 Å². The summed E-state index contributed by atoms with van der Waals surface area (Å²) in [6.45, 7) is 3.10. The molecule has 4 heteroatoms. The Morgan fingerprint density at radius 3 is 2.44 bits per heavy atom. The Morgan fingerprint density at radius 2 is 1.94 bits per heavy atom. The molecule has 0 aromatic rings. The van der Waals surface area contributed by atoms with Crippen LogP contribution in [-0.4, -0.2) is 40.1 Å². The number of carbonyl (C=O) groups excluding carboxylic acids is 1. The van der Waals surface area contributed by atoms with Gasteiger partial charge in [-0.05, 0) is 38.9 Å². The van der Waals surface area contributed by atoms with Crippen LogP contribution in [0.3, 0.4) is 0 Å². The minimum Gasteiger partial charge on any atom is -0.324 e. The van der Waals surface area contributed by atoms with Crippen molar-refractivity contribution >= 4 is 17.7 Å². The van der Waals surface area contributed by atoms with E-state index in [1.54, 1.807) is 0 Å². The zero-order valence-electron chi connectivity index (χ0n) is 11.5. The normalized spacial score (nSPS) is 33.1. The lowest BCUT2D eigenvalue weighted by Gasteiger charge is -2.43. The van der Waals surface area contributed by atoms with Gasteiger partial charge in [-0.15, -0.1) is 0 Å². The lowest BCUT2D eigenvalue weighted by molar-refractivity contribution is -0.133. The first-order chi connectivity index (χ1) is 8.61. The summed E-state index contributed by atoms with van der Waals surface area (Å²) in [4.78, 5) is 14.9. The molecule has 3 nitrogen and oxygen atoms in total. The van der Waals surface area contributed by atoms with Gasteiger partial charge in [-0.3, -0.25) is 10.1 Å². The summed E-state index contributed by atoms with van der Waals surface area (Å²) in [5.41, 5.74) is -0.192. The molecule has 18 heavy (non-hydrogen) atoms. The van der Waals surface area contributed by atoms with Crippen LogP contribution < -0.4 is 5.32 Å². The maximum atomic E-state index is 12.7. The largest absolute Gasteiger partial charge is 0.324 e. The maximum absolute atomic E-state index is 12.7. The highest BCUT2D eigenvalue weighted by Crippen LogP contribution is 2.45. The predicted molar refractivity (Wildman–Crippen MR) is 75.6 cm³/mol. The number of thioether (sulfide) groups is 1. The molecule has 1 atom stereocenters. The van der Waals surface area contributed by atoms with Crippen molar-refractivity contribution in [1.29, 1.82) is 0 Å².